The first-order valence-electron chi connectivity index (χ1n) is 7.67. The summed E-state index contributed by atoms with van der Waals surface area (Å²) in [7, 11) is 0. The molecule has 2 saturated heterocycles. The van der Waals surface area contributed by atoms with Crippen LogP contribution in [-0.4, -0.2) is 69.0 Å². The highest BCUT2D eigenvalue weighted by Crippen LogP contribution is 2.28. The van der Waals surface area contributed by atoms with Crippen molar-refractivity contribution in [2.45, 2.75) is 43.5 Å². The SMILES string of the molecule is O=c1nc(NC[C@H]2CCCO2)ccn1[C@H]1O[C@@H](CO)[C@@H](O)[C@H]1O. The third-order valence-corrected chi connectivity index (χ3v) is 4.16. The highest BCUT2D eigenvalue weighted by Gasteiger charge is 2.43. The molecule has 0 unspecified atom stereocenters. The van der Waals surface area contributed by atoms with Gasteiger partial charge in [0.1, 0.15) is 24.1 Å². The fourth-order valence-electron chi connectivity index (χ4n) is 2.84. The quantitative estimate of drug-likeness (QED) is 0.512. The molecule has 3 rings (SSSR count). The molecule has 0 aromatic carbocycles. The zero-order valence-electron chi connectivity index (χ0n) is 12.5. The molecule has 4 N–H and O–H groups in total. The van der Waals surface area contributed by atoms with Gasteiger partial charge in [-0.05, 0) is 18.9 Å². The summed E-state index contributed by atoms with van der Waals surface area (Å²) < 4.78 is 11.9. The third-order valence-electron chi connectivity index (χ3n) is 4.16. The Morgan fingerprint density at radius 1 is 1.39 bits per heavy atom. The Morgan fingerprint density at radius 2 is 2.22 bits per heavy atom. The van der Waals surface area contributed by atoms with E-state index >= 15 is 0 Å². The zero-order chi connectivity index (χ0) is 16.4. The average Bonchev–Trinajstić information content (AvgIpc) is 3.16. The van der Waals surface area contributed by atoms with Crippen molar-refractivity contribution in [1.82, 2.24) is 9.55 Å². The fourth-order valence-corrected chi connectivity index (χ4v) is 2.84. The number of nitrogens with one attached hydrogen (secondary N) is 1. The van der Waals surface area contributed by atoms with E-state index < -0.39 is 36.8 Å². The molecule has 0 aliphatic carbocycles. The number of ether oxygens (including phenoxy) is 2. The molecule has 0 saturated carbocycles. The van der Waals surface area contributed by atoms with Crippen LogP contribution in [0, 0.1) is 0 Å². The van der Waals surface area contributed by atoms with Crippen molar-refractivity contribution in [3.05, 3.63) is 22.7 Å². The van der Waals surface area contributed by atoms with E-state index in [1.54, 1.807) is 6.07 Å². The summed E-state index contributed by atoms with van der Waals surface area (Å²) in [4.78, 5) is 16.0. The van der Waals surface area contributed by atoms with Crippen LogP contribution < -0.4 is 11.0 Å². The monoisotopic (exact) mass is 327 g/mol. The van der Waals surface area contributed by atoms with E-state index in [2.05, 4.69) is 10.3 Å². The molecule has 5 atom stereocenters. The van der Waals surface area contributed by atoms with Crippen LogP contribution in [0.3, 0.4) is 0 Å². The predicted molar refractivity (Wildman–Crippen MR) is 79.0 cm³/mol. The minimum absolute atomic E-state index is 0.125. The lowest BCUT2D eigenvalue weighted by atomic mass is 10.1. The van der Waals surface area contributed by atoms with Gasteiger partial charge in [-0.2, -0.15) is 4.98 Å². The number of nitrogens with zero attached hydrogens (tertiary/aromatic N) is 2. The Hall–Kier alpha value is -1.52. The lowest BCUT2D eigenvalue weighted by molar-refractivity contribution is -0.0549. The molecular formula is C14H21N3O6. The van der Waals surface area contributed by atoms with Crippen LogP contribution in [0.2, 0.25) is 0 Å². The second-order valence-electron chi connectivity index (χ2n) is 5.75. The molecule has 2 aliphatic rings. The van der Waals surface area contributed by atoms with Crippen LogP contribution in [0.25, 0.3) is 0 Å². The van der Waals surface area contributed by atoms with E-state index in [0.717, 1.165) is 24.0 Å². The highest BCUT2D eigenvalue weighted by atomic mass is 16.6. The van der Waals surface area contributed by atoms with Crippen LogP contribution in [0.4, 0.5) is 5.82 Å². The lowest BCUT2D eigenvalue weighted by Crippen LogP contribution is -2.36. The number of hydrogen-bond acceptors (Lipinski definition) is 8. The van der Waals surface area contributed by atoms with Gasteiger partial charge in [0.05, 0.1) is 12.7 Å². The molecule has 9 nitrogen and oxygen atoms in total. The number of aromatic nitrogens is 2. The summed E-state index contributed by atoms with van der Waals surface area (Å²) in [6, 6.07) is 1.59. The molecule has 0 radical (unpaired) electrons. The normalized spacial score (nSPS) is 34.0. The predicted octanol–water partition coefficient (Wildman–Crippen LogP) is -1.55. The molecule has 23 heavy (non-hydrogen) atoms. The number of aliphatic hydroxyl groups is 3. The second-order valence-corrected chi connectivity index (χ2v) is 5.75. The molecule has 2 aliphatic heterocycles. The maximum absolute atomic E-state index is 12.1. The van der Waals surface area contributed by atoms with Gasteiger partial charge in [0.25, 0.3) is 0 Å². The second kappa shape index (κ2) is 6.93. The Morgan fingerprint density at radius 3 is 2.83 bits per heavy atom. The van der Waals surface area contributed by atoms with Gasteiger partial charge in [0.15, 0.2) is 6.23 Å². The van der Waals surface area contributed by atoms with Crippen molar-refractivity contribution in [3.63, 3.8) is 0 Å². The van der Waals surface area contributed by atoms with Gasteiger partial charge in [-0.15, -0.1) is 0 Å². The molecule has 0 bridgehead atoms. The van der Waals surface area contributed by atoms with E-state index in [4.69, 9.17) is 14.6 Å². The van der Waals surface area contributed by atoms with E-state index in [0.29, 0.717) is 12.4 Å². The van der Waals surface area contributed by atoms with Crippen molar-refractivity contribution < 1.29 is 24.8 Å². The smallest absolute Gasteiger partial charge is 0.351 e. The number of rotatable bonds is 5. The van der Waals surface area contributed by atoms with Gasteiger partial charge in [-0.25, -0.2) is 4.79 Å². The van der Waals surface area contributed by atoms with Gasteiger partial charge in [-0.1, -0.05) is 0 Å². The molecule has 1 aromatic rings. The van der Waals surface area contributed by atoms with Gasteiger partial charge in [-0.3, -0.25) is 4.57 Å². The molecule has 2 fully saturated rings. The van der Waals surface area contributed by atoms with Crippen molar-refractivity contribution in [2.24, 2.45) is 0 Å². The third kappa shape index (κ3) is 3.38. The maximum atomic E-state index is 12.1. The van der Waals surface area contributed by atoms with E-state index in [1.807, 2.05) is 0 Å². The highest BCUT2D eigenvalue weighted by molar-refractivity contribution is 5.32. The number of aliphatic hydroxyl groups excluding tert-OH is 3. The summed E-state index contributed by atoms with van der Waals surface area (Å²) in [6.45, 7) is 0.884. The van der Waals surface area contributed by atoms with Gasteiger partial charge in [0.2, 0.25) is 0 Å². The number of anilines is 1. The van der Waals surface area contributed by atoms with Crippen LogP contribution in [0.1, 0.15) is 19.1 Å². The molecule has 3 heterocycles. The van der Waals surface area contributed by atoms with Crippen LogP contribution >= 0.6 is 0 Å². The standard InChI is InChI=1S/C14H21N3O6/c18-7-9-11(19)12(20)13(23-9)17-4-3-10(16-14(17)21)15-6-8-2-1-5-22-8/h3-4,8-9,11-13,18-20H,1-2,5-7H2,(H,15,16,21)/t8-,9+,11-,12-,13+/m1/s1. The average molecular weight is 327 g/mol. The molecule has 0 spiro atoms. The molecule has 9 heteroatoms. The zero-order valence-corrected chi connectivity index (χ0v) is 12.5. The van der Waals surface area contributed by atoms with Crippen molar-refractivity contribution >= 4 is 5.82 Å². The number of hydrogen-bond donors (Lipinski definition) is 4. The Bertz CT molecular complexity index is 588. The van der Waals surface area contributed by atoms with Crippen LogP contribution in [0.15, 0.2) is 17.1 Å². The van der Waals surface area contributed by atoms with Crippen molar-refractivity contribution in [1.29, 1.82) is 0 Å². The molecule has 0 amide bonds. The molecule has 128 valence electrons. The Labute approximate surface area is 132 Å². The summed E-state index contributed by atoms with van der Waals surface area (Å²) in [6.07, 6.45) is -0.993. The summed E-state index contributed by atoms with van der Waals surface area (Å²) in [5.41, 5.74) is -0.614. The molecule has 1 aromatic heterocycles. The Kier molecular flexibility index (Phi) is 4.93. The molecular weight excluding hydrogens is 306 g/mol. The Balaban J connectivity index is 1.68. The first-order valence-corrected chi connectivity index (χ1v) is 7.67. The first-order chi connectivity index (χ1) is 11.1. The van der Waals surface area contributed by atoms with Gasteiger partial charge < -0.3 is 30.1 Å². The largest absolute Gasteiger partial charge is 0.394 e. The minimum atomic E-state index is -1.31. The van der Waals surface area contributed by atoms with E-state index in [-0.39, 0.29) is 6.10 Å². The van der Waals surface area contributed by atoms with E-state index in [9.17, 15) is 15.0 Å². The van der Waals surface area contributed by atoms with Crippen LogP contribution in [-0.2, 0) is 9.47 Å². The van der Waals surface area contributed by atoms with Crippen LogP contribution in [0.5, 0.6) is 0 Å². The topological polar surface area (TPSA) is 126 Å². The summed E-state index contributed by atoms with van der Waals surface area (Å²) in [5, 5.41) is 31.8. The summed E-state index contributed by atoms with van der Waals surface area (Å²) in [5.74, 6) is 0.411. The lowest BCUT2D eigenvalue weighted by Gasteiger charge is -2.17. The summed E-state index contributed by atoms with van der Waals surface area (Å²) >= 11 is 0. The fraction of sp³-hybridized carbons (Fsp3) is 0.714. The van der Waals surface area contributed by atoms with E-state index in [1.165, 1.54) is 6.20 Å². The first kappa shape index (κ1) is 16.3. The van der Waals surface area contributed by atoms with Gasteiger partial charge >= 0.3 is 5.69 Å². The minimum Gasteiger partial charge on any atom is -0.394 e. The van der Waals surface area contributed by atoms with Crippen molar-refractivity contribution in [3.8, 4) is 0 Å². The maximum Gasteiger partial charge on any atom is 0.351 e. The van der Waals surface area contributed by atoms with Gasteiger partial charge in [0, 0.05) is 19.3 Å². The van der Waals surface area contributed by atoms with Crippen molar-refractivity contribution in [2.75, 3.05) is 25.1 Å².